The molecule has 0 aliphatic heterocycles. The van der Waals surface area contributed by atoms with Gasteiger partial charge < -0.3 is 20.3 Å². The standard InChI is InChI=1S/C72H141NO5/c1-3-5-7-9-11-13-15-16-17-18-19-20-21-26-29-32-35-38-41-45-48-52-56-60-64-70(75)69(68-74)73-71(76)65-61-57-53-49-46-42-39-36-33-30-27-24-22-23-25-28-31-34-37-40-43-47-51-55-59-63-67-78-72(77)66-62-58-54-50-44-14-12-10-8-6-4-2/h10,12,69-70,74-75H,3-9,11,13-68H2,1-2H3,(H,73,76)/b12-10-. The molecule has 0 saturated heterocycles. The first-order chi connectivity index (χ1) is 38.5. The first-order valence-electron chi connectivity index (χ1n) is 35.9. The van der Waals surface area contributed by atoms with Gasteiger partial charge in [-0.25, -0.2) is 0 Å². The zero-order chi connectivity index (χ0) is 56.4. The number of allylic oxidation sites excluding steroid dienone is 2. The van der Waals surface area contributed by atoms with Crippen molar-refractivity contribution in [1.82, 2.24) is 5.32 Å². The number of nitrogens with one attached hydrogen (secondary N) is 1. The van der Waals surface area contributed by atoms with Crippen LogP contribution in [0.4, 0.5) is 0 Å². The van der Waals surface area contributed by atoms with Crippen LogP contribution in [-0.4, -0.2) is 47.4 Å². The van der Waals surface area contributed by atoms with Crippen LogP contribution in [0, 0.1) is 0 Å². The molecule has 464 valence electrons. The van der Waals surface area contributed by atoms with Gasteiger partial charge >= 0.3 is 5.97 Å². The quantitative estimate of drug-likeness (QED) is 0.0320. The molecule has 0 saturated carbocycles. The van der Waals surface area contributed by atoms with E-state index in [-0.39, 0.29) is 18.5 Å². The van der Waals surface area contributed by atoms with Crippen molar-refractivity contribution in [2.45, 2.75) is 424 Å². The predicted octanol–water partition coefficient (Wildman–Crippen LogP) is 23.1. The lowest BCUT2D eigenvalue weighted by Gasteiger charge is -2.22. The van der Waals surface area contributed by atoms with E-state index in [4.69, 9.17) is 4.74 Å². The molecule has 0 bridgehead atoms. The van der Waals surface area contributed by atoms with Crippen LogP contribution in [-0.2, 0) is 14.3 Å². The molecule has 2 unspecified atom stereocenters. The van der Waals surface area contributed by atoms with Crippen LogP contribution >= 0.6 is 0 Å². The van der Waals surface area contributed by atoms with Gasteiger partial charge in [0.2, 0.25) is 5.91 Å². The summed E-state index contributed by atoms with van der Waals surface area (Å²) in [6, 6.07) is -0.540. The van der Waals surface area contributed by atoms with Gasteiger partial charge in [-0.1, -0.05) is 366 Å². The summed E-state index contributed by atoms with van der Waals surface area (Å²) in [7, 11) is 0. The monoisotopic (exact) mass is 1100 g/mol. The predicted molar refractivity (Wildman–Crippen MR) is 343 cm³/mol. The average molecular weight is 1100 g/mol. The molecule has 6 nitrogen and oxygen atoms in total. The summed E-state index contributed by atoms with van der Waals surface area (Å²) < 4.78 is 5.47. The molecule has 0 heterocycles. The minimum atomic E-state index is -0.664. The topological polar surface area (TPSA) is 95.9 Å². The fraction of sp³-hybridized carbons (Fsp3) is 0.944. The zero-order valence-electron chi connectivity index (χ0n) is 53.2. The Morgan fingerprint density at radius 3 is 0.949 bits per heavy atom. The van der Waals surface area contributed by atoms with Crippen molar-refractivity contribution in [3.63, 3.8) is 0 Å². The Morgan fingerprint density at radius 1 is 0.346 bits per heavy atom. The fourth-order valence-corrected chi connectivity index (χ4v) is 11.6. The van der Waals surface area contributed by atoms with Crippen molar-refractivity contribution in [3.05, 3.63) is 12.2 Å². The van der Waals surface area contributed by atoms with E-state index in [0.717, 1.165) is 44.9 Å². The number of unbranched alkanes of at least 4 members (excludes halogenated alkanes) is 55. The van der Waals surface area contributed by atoms with E-state index in [1.807, 2.05) is 0 Å². The van der Waals surface area contributed by atoms with Gasteiger partial charge in [0.05, 0.1) is 25.4 Å². The summed E-state index contributed by atoms with van der Waals surface area (Å²) in [5.74, 6) is -0.0201. The molecule has 0 aromatic carbocycles. The summed E-state index contributed by atoms with van der Waals surface area (Å²) in [6.07, 6.45) is 84.1. The summed E-state index contributed by atoms with van der Waals surface area (Å²) in [5, 5.41) is 23.5. The smallest absolute Gasteiger partial charge is 0.305 e. The first-order valence-corrected chi connectivity index (χ1v) is 35.9. The van der Waals surface area contributed by atoms with E-state index < -0.39 is 12.1 Å². The molecule has 0 aromatic rings. The normalized spacial score (nSPS) is 12.5. The molecule has 0 rings (SSSR count). The van der Waals surface area contributed by atoms with E-state index >= 15 is 0 Å². The molecule has 0 spiro atoms. The Labute approximate surface area is 489 Å². The minimum absolute atomic E-state index is 0.00721. The van der Waals surface area contributed by atoms with Crippen LogP contribution < -0.4 is 5.32 Å². The third kappa shape index (κ3) is 63.8. The molecule has 0 aromatic heterocycles. The molecule has 0 radical (unpaired) electrons. The number of rotatable bonds is 68. The molecule has 78 heavy (non-hydrogen) atoms. The highest BCUT2D eigenvalue weighted by Gasteiger charge is 2.20. The second-order valence-corrected chi connectivity index (χ2v) is 24.9. The lowest BCUT2D eigenvalue weighted by molar-refractivity contribution is -0.143. The summed E-state index contributed by atoms with van der Waals surface area (Å²) in [6.45, 7) is 4.96. The summed E-state index contributed by atoms with van der Waals surface area (Å²) >= 11 is 0. The minimum Gasteiger partial charge on any atom is -0.466 e. The van der Waals surface area contributed by atoms with E-state index in [0.29, 0.717) is 25.9 Å². The molecule has 2 atom stereocenters. The van der Waals surface area contributed by atoms with Crippen LogP contribution in [0.3, 0.4) is 0 Å². The Balaban J connectivity index is 3.36. The maximum Gasteiger partial charge on any atom is 0.305 e. The van der Waals surface area contributed by atoms with Gasteiger partial charge in [-0.3, -0.25) is 9.59 Å². The van der Waals surface area contributed by atoms with Gasteiger partial charge in [-0.05, 0) is 44.9 Å². The number of ether oxygens (including phenoxy) is 1. The maximum atomic E-state index is 12.6. The van der Waals surface area contributed by atoms with Gasteiger partial charge in [0.15, 0.2) is 0 Å². The van der Waals surface area contributed by atoms with Crippen molar-refractivity contribution >= 4 is 11.9 Å². The van der Waals surface area contributed by atoms with Gasteiger partial charge in [-0.2, -0.15) is 0 Å². The van der Waals surface area contributed by atoms with Gasteiger partial charge in [-0.15, -0.1) is 0 Å². The van der Waals surface area contributed by atoms with Crippen molar-refractivity contribution in [3.8, 4) is 0 Å². The first kappa shape index (κ1) is 76.6. The van der Waals surface area contributed by atoms with Gasteiger partial charge in [0, 0.05) is 12.8 Å². The SMILES string of the molecule is CCCC/C=C\CCCCCCCC(=O)OCCCCCCCCCCCCCCCCCCCCCCCCCCCCC(=O)NC(CO)C(O)CCCCCCCCCCCCCCCCCCCCCCCCCC. The highest BCUT2D eigenvalue weighted by Crippen LogP contribution is 2.20. The lowest BCUT2D eigenvalue weighted by Crippen LogP contribution is -2.45. The molecule has 6 heteroatoms. The highest BCUT2D eigenvalue weighted by molar-refractivity contribution is 5.76. The fourth-order valence-electron chi connectivity index (χ4n) is 11.6. The molecule has 0 aliphatic carbocycles. The number of esters is 1. The third-order valence-corrected chi connectivity index (χ3v) is 17.1. The molecule has 0 fully saturated rings. The van der Waals surface area contributed by atoms with E-state index in [2.05, 4.69) is 31.3 Å². The van der Waals surface area contributed by atoms with Crippen LogP contribution in [0.1, 0.15) is 412 Å². The molecule has 1 amide bonds. The number of hydrogen-bond donors (Lipinski definition) is 3. The average Bonchev–Trinajstić information content (AvgIpc) is 3.44. The van der Waals surface area contributed by atoms with Crippen LogP contribution in [0.2, 0.25) is 0 Å². The second kappa shape index (κ2) is 68.1. The number of carbonyl (C=O) groups excluding carboxylic acids is 2. The van der Waals surface area contributed by atoms with Crippen molar-refractivity contribution in [2.24, 2.45) is 0 Å². The Bertz CT molecular complexity index is 1180. The zero-order valence-corrected chi connectivity index (χ0v) is 53.2. The van der Waals surface area contributed by atoms with Crippen molar-refractivity contribution in [2.75, 3.05) is 13.2 Å². The summed E-state index contributed by atoms with van der Waals surface area (Å²) in [5.41, 5.74) is 0. The highest BCUT2D eigenvalue weighted by atomic mass is 16.5. The summed E-state index contributed by atoms with van der Waals surface area (Å²) in [4.78, 5) is 24.6. The Morgan fingerprint density at radius 2 is 0.615 bits per heavy atom. The molecule has 3 N–H and O–H groups in total. The Kier molecular flexibility index (Phi) is 66.9. The third-order valence-electron chi connectivity index (χ3n) is 17.1. The number of aliphatic hydroxyl groups excluding tert-OH is 2. The van der Waals surface area contributed by atoms with E-state index in [9.17, 15) is 19.8 Å². The van der Waals surface area contributed by atoms with Crippen molar-refractivity contribution in [1.29, 1.82) is 0 Å². The molecular weight excluding hydrogens is 959 g/mol. The lowest BCUT2D eigenvalue weighted by atomic mass is 10.0. The maximum absolute atomic E-state index is 12.6. The van der Waals surface area contributed by atoms with Crippen LogP contribution in [0.5, 0.6) is 0 Å². The van der Waals surface area contributed by atoms with E-state index in [1.54, 1.807) is 0 Å². The second-order valence-electron chi connectivity index (χ2n) is 24.9. The van der Waals surface area contributed by atoms with Crippen LogP contribution in [0.25, 0.3) is 0 Å². The Hall–Kier alpha value is -1.40. The number of hydrogen-bond acceptors (Lipinski definition) is 5. The van der Waals surface area contributed by atoms with E-state index in [1.165, 1.54) is 334 Å². The largest absolute Gasteiger partial charge is 0.466 e. The molecule has 0 aliphatic rings. The number of carbonyl (C=O) groups is 2. The van der Waals surface area contributed by atoms with Gasteiger partial charge in [0.25, 0.3) is 0 Å². The number of amides is 1. The van der Waals surface area contributed by atoms with Crippen molar-refractivity contribution < 1.29 is 24.5 Å². The van der Waals surface area contributed by atoms with Crippen LogP contribution in [0.15, 0.2) is 12.2 Å². The van der Waals surface area contributed by atoms with Gasteiger partial charge in [0.1, 0.15) is 0 Å². The molecular formula is C72H141NO5. The number of aliphatic hydroxyl groups is 2.